The van der Waals surface area contributed by atoms with Gasteiger partial charge in [0, 0.05) is 36.5 Å². The molecule has 0 unspecified atom stereocenters. The molecular weight excluding hydrogens is 372 g/mol. The van der Waals surface area contributed by atoms with Gasteiger partial charge in [-0.25, -0.2) is 0 Å². The fourth-order valence-electron chi connectivity index (χ4n) is 4.10. The lowest BCUT2D eigenvalue weighted by Gasteiger charge is -2.21. The third-order valence-electron chi connectivity index (χ3n) is 5.84. The zero-order valence-electron chi connectivity index (χ0n) is 17.0. The second kappa shape index (κ2) is 10.1. The standard InChI is InChI=1S/C22H31ClN4O/c1-3-27-20(13-12-17-8-5-4-6-9-17)25-26-21(27)14-15-22(28)24-19-11-7-10-18(23)16(19)2/h7,10-11,17H,3-6,8-9,12-15H2,1-2H3,(H,24,28). The van der Waals surface area contributed by atoms with Gasteiger partial charge in [0.05, 0.1) is 0 Å². The van der Waals surface area contributed by atoms with Gasteiger partial charge in [-0.3, -0.25) is 4.79 Å². The molecule has 0 bridgehead atoms. The highest BCUT2D eigenvalue weighted by molar-refractivity contribution is 6.31. The van der Waals surface area contributed by atoms with Crippen LogP contribution in [-0.4, -0.2) is 20.7 Å². The Morgan fingerprint density at radius 1 is 1.18 bits per heavy atom. The molecule has 0 atom stereocenters. The minimum absolute atomic E-state index is 0.0280. The van der Waals surface area contributed by atoms with Crippen LogP contribution in [0.25, 0.3) is 0 Å². The molecule has 1 aromatic carbocycles. The minimum Gasteiger partial charge on any atom is -0.326 e. The van der Waals surface area contributed by atoms with E-state index in [0.29, 0.717) is 17.9 Å². The maximum absolute atomic E-state index is 12.4. The summed E-state index contributed by atoms with van der Waals surface area (Å²) in [5, 5.41) is 12.4. The van der Waals surface area contributed by atoms with E-state index in [4.69, 9.17) is 11.6 Å². The normalized spacial score (nSPS) is 15.0. The SMILES string of the molecule is CCn1c(CCC(=O)Nc2cccc(Cl)c2C)nnc1CCC1CCCCC1. The smallest absolute Gasteiger partial charge is 0.224 e. The van der Waals surface area contributed by atoms with E-state index in [1.54, 1.807) is 0 Å². The zero-order valence-corrected chi connectivity index (χ0v) is 17.8. The molecule has 1 aromatic heterocycles. The predicted octanol–water partition coefficient (Wildman–Crippen LogP) is 5.34. The fourth-order valence-corrected chi connectivity index (χ4v) is 4.27. The van der Waals surface area contributed by atoms with Gasteiger partial charge in [-0.2, -0.15) is 0 Å². The van der Waals surface area contributed by atoms with E-state index in [1.807, 2.05) is 25.1 Å². The first-order chi connectivity index (χ1) is 13.6. The van der Waals surface area contributed by atoms with Crippen LogP contribution in [0.4, 0.5) is 5.69 Å². The number of carbonyl (C=O) groups is 1. The van der Waals surface area contributed by atoms with Crippen molar-refractivity contribution in [2.45, 2.75) is 78.2 Å². The highest BCUT2D eigenvalue weighted by Gasteiger charge is 2.17. The third-order valence-corrected chi connectivity index (χ3v) is 6.25. The molecule has 6 heteroatoms. The molecule has 5 nitrogen and oxygen atoms in total. The van der Waals surface area contributed by atoms with Gasteiger partial charge in [-0.1, -0.05) is 49.8 Å². The van der Waals surface area contributed by atoms with Gasteiger partial charge in [-0.15, -0.1) is 10.2 Å². The largest absolute Gasteiger partial charge is 0.326 e. The number of rotatable bonds is 8. The monoisotopic (exact) mass is 402 g/mol. The molecule has 2 aromatic rings. The molecule has 1 aliphatic carbocycles. The lowest BCUT2D eigenvalue weighted by Crippen LogP contribution is -2.15. The molecule has 1 saturated carbocycles. The molecule has 1 amide bonds. The van der Waals surface area contributed by atoms with E-state index in [1.165, 1.54) is 38.5 Å². The topological polar surface area (TPSA) is 59.8 Å². The molecule has 28 heavy (non-hydrogen) atoms. The molecule has 152 valence electrons. The van der Waals surface area contributed by atoms with Gasteiger partial charge < -0.3 is 9.88 Å². The van der Waals surface area contributed by atoms with Crippen molar-refractivity contribution >= 4 is 23.2 Å². The number of hydrogen-bond donors (Lipinski definition) is 1. The molecule has 1 N–H and O–H groups in total. The highest BCUT2D eigenvalue weighted by atomic mass is 35.5. The number of nitrogens with one attached hydrogen (secondary N) is 1. The number of hydrogen-bond acceptors (Lipinski definition) is 3. The number of anilines is 1. The van der Waals surface area contributed by atoms with Crippen molar-refractivity contribution in [1.29, 1.82) is 0 Å². The van der Waals surface area contributed by atoms with E-state index in [9.17, 15) is 4.79 Å². The molecule has 3 rings (SSSR count). The van der Waals surface area contributed by atoms with Crippen molar-refractivity contribution in [3.8, 4) is 0 Å². The highest BCUT2D eigenvalue weighted by Crippen LogP contribution is 2.27. The summed E-state index contributed by atoms with van der Waals surface area (Å²) < 4.78 is 2.18. The average molecular weight is 403 g/mol. The maximum atomic E-state index is 12.4. The molecular formula is C22H31ClN4O. The van der Waals surface area contributed by atoms with Crippen LogP contribution in [0.1, 0.15) is 69.1 Å². The Bertz CT molecular complexity index is 796. The second-order valence-corrected chi connectivity index (χ2v) is 8.19. The van der Waals surface area contributed by atoms with Crippen molar-refractivity contribution in [3.05, 3.63) is 40.4 Å². The van der Waals surface area contributed by atoms with Crippen LogP contribution in [0.3, 0.4) is 0 Å². The van der Waals surface area contributed by atoms with Crippen LogP contribution in [0.5, 0.6) is 0 Å². The van der Waals surface area contributed by atoms with E-state index < -0.39 is 0 Å². The van der Waals surface area contributed by atoms with Gasteiger partial charge in [-0.05, 0) is 43.9 Å². The Labute approximate surface area is 172 Å². The second-order valence-electron chi connectivity index (χ2n) is 7.78. The van der Waals surface area contributed by atoms with Crippen molar-refractivity contribution in [2.75, 3.05) is 5.32 Å². The number of benzene rings is 1. The van der Waals surface area contributed by atoms with Gasteiger partial charge >= 0.3 is 0 Å². The zero-order chi connectivity index (χ0) is 19.9. The summed E-state index contributed by atoms with van der Waals surface area (Å²) in [7, 11) is 0. The number of nitrogens with zero attached hydrogens (tertiary/aromatic N) is 3. The van der Waals surface area contributed by atoms with E-state index in [-0.39, 0.29) is 5.91 Å². The molecule has 0 spiro atoms. The Morgan fingerprint density at radius 3 is 2.61 bits per heavy atom. The van der Waals surface area contributed by atoms with Crippen molar-refractivity contribution in [1.82, 2.24) is 14.8 Å². The van der Waals surface area contributed by atoms with Gasteiger partial charge in [0.15, 0.2) is 0 Å². The number of aromatic nitrogens is 3. The lowest BCUT2D eigenvalue weighted by molar-refractivity contribution is -0.116. The molecule has 0 saturated heterocycles. The number of halogens is 1. The maximum Gasteiger partial charge on any atom is 0.224 e. The van der Waals surface area contributed by atoms with Gasteiger partial charge in [0.1, 0.15) is 11.6 Å². The lowest BCUT2D eigenvalue weighted by atomic mass is 9.86. The van der Waals surface area contributed by atoms with Gasteiger partial charge in [0.2, 0.25) is 5.91 Å². The quantitative estimate of drug-likeness (QED) is 0.647. The first-order valence-corrected chi connectivity index (χ1v) is 10.9. The summed E-state index contributed by atoms with van der Waals surface area (Å²) >= 11 is 6.13. The van der Waals surface area contributed by atoms with Crippen LogP contribution < -0.4 is 5.32 Å². The minimum atomic E-state index is -0.0280. The molecule has 1 aliphatic rings. The molecule has 0 aliphatic heterocycles. The number of amides is 1. The number of carbonyl (C=O) groups excluding carboxylic acids is 1. The molecule has 1 heterocycles. The fraction of sp³-hybridized carbons (Fsp3) is 0.591. The van der Waals surface area contributed by atoms with Gasteiger partial charge in [0.25, 0.3) is 0 Å². The van der Waals surface area contributed by atoms with Crippen molar-refractivity contribution in [2.24, 2.45) is 5.92 Å². The first kappa shape index (κ1) is 20.8. The number of aryl methyl sites for hydroxylation is 2. The molecule has 1 fully saturated rings. The molecule has 0 radical (unpaired) electrons. The summed E-state index contributed by atoms with van der Waals surface area (Å²) in [4.78, 5) is 12.4. The summed E-state index contributed by atoms with van der Waals surface area (Å²) in [6.07, 6.45) is 10.0. The van der Waals surface area contributed by atoms with Crippen LogP contribution >= 0.6 is 11.6 Å². The third kappa shape index (κ3) is 5.34. The predicted molar refractivity (Wildman–Crippen MR) is 114 cm³/mol. The summed E-state index contributed by atoms with van der Waals surface area (Å²) in [6.45, 7) is 4.87. The Balaban J connectivity index is 1.54. The van der Waals surface area contributed by atoms with Crippen LogP contribution in [0, 0.1) is 12.8 Å². The Morgan fingerprint density at radius 2 is 1.89 bits per heavy atom. The van der Waals surface area contributed by atoms with E-state index >= 15 is 0 Å². The van der Waals surface area contributed by atoms with Crippen molar-refractivity contribution in [3.63, 3.8) is 0 Å². The van der Waals surface area contributed by atoms with Crippen LogP contribution in [0.2, 0.25) is 5.02 Å². The van der Waals surface area contributed by atoms with E-state index in [0.717, 1.165) is 41.8 Å². The summed E-state index contributed by atoms with van der Waals surface area (Å²) in [5.41, 5.74) is 1.65. The van der Waals surface area contributed by atoms with Crippen molar-refractivity contribution < 1.29 is 4.79 Å². The Hall–Kier alpha value is -1.88. The Kier molecular flexibility index (Phi) is 7.49. The summed E-state index contributed by atoms with van der Waals surface area (Å²) in [5.74, 6) is 2.78. The first-order valence-electron chi connectivity index (χ1n) is 10.5. The average Bonchev–Trinajstić information content (AvgIpc) is 3.11. The van der Waals surface area contributed by atoms with Crippen LogP contribution in [0.15, 0.2) is 18.2 Å². The van der Waals surface area contributed by atoms with E-state index in [2.05, 4.69) is 27.0 Å². The summed E-state index contributed by atoms with van der Waals surface area (Å²) in [6, 6.07) is 5.54. The van der Waals surface area contributed by atoms with Crippen LogP contribution in [-0.2, 0) is 24.2 Å².